The molecule has 14 heavy (non-hydrogen) atoms. The molecule has 0 bridgehead atoms. The number of benzene rings is 1. The number of nitrogens with two attached hydrogens (primary N) is 1. The van der Waals surface area contributed by atoms with Gasteiger partial charge in [0.25, 0.3) is 0 Å². The number of para-hydroxylation sites is 1. The largest absolute Gasteiger partial charge is 0.324 e. The molecule has 0 amide bonds. The van der Waals surface area contributed by atoms with Crippen molar-refractivity contribution in [2.75, 3.05) is 0 Å². The Kier molecular flexibility index (Phi) is 2.65. The third kappa shape index (κ3) is 1.58. The first kappa shape index (κ1) is 9.43. The number of hydrogen-bond acceptors (Lipinski definition) is 2. The maximum Gasteiger partial charge on any atom is 0.127 e. The van der Waals surface area contributed by atoms with Gasteiger partial charge in [-0.2, -0.15) is 0 Å². The Bertz CT molecular complexity index is 422. The lowest BCUT2D eigenvalue weighted by atomic mass is 10.3. The number of hydrogen-bond donors (Lipinski definition) is 1. The topological polar surface area (TPSA) is 43.8 Å². The van der Waals surface area contributed by atoms with Crippen LogP contribution < -0.4 is 5.73 Å². The van der Waals surface area contributed by atoms with Crippen LogP contribution in [0.5, 0.6) is 0 Å². The number of imidazole rings is 1. The predicted octanol–water partition coefficient (Wildman–Crippen LogP) is 2.09. The van der Waals surface area contributed by atoms with E-state index in [1.165, 1.54) is 0 Å². The molecule has 0 aliphatic rings. The Morgan fingerprint density at radius 3 is 2.64 bits per heavy atom. The van der Waals surface area contributed by atoms with Gasteiger partial charge in [-0.15, -0.1) is 0 Å². The third-order valence-corrected chi connectivity index (χ3v) is 2.55. The van der Waals surface area contributed by atoms with Crippen molar-refractivity contribution in [2.45, 2.75) is 6.54 Å². The molecule has 0 radical (unpaired) electrons. The van der Waals surface area contributed by atoms with Gasteiger partial charge >= 0.3 is 0 Å². The highest BCUT2D eigenvalue weighted by Crippen LogP contribution is 2.18. The Hall–Kier alpha value is -1.13. The molecule has 4 heteroatoms. The van der Waals surface area contributed by atoms with Gasteiger partial charge in [0.15, 0.2) is 0 Å². The van der Waals surface area contributed by atoms with E-state index >= 15 is 0 Å². The van der Waals surface area contributed by atoms with Crippen molar-refractivity contribution in [3.63, 3.8) is 0 Å². The molecule has 0 spiro atoms. The van der Waals surface area contributed by atoms with Crippen molar-refractivity contribution < 1.29 is 0 Å². The molecule has 0 unspecified atom stereocenters. The van der Waals surface area contributed by atoms with E-state index < -0.39 is 0 Å². The summed E-state index contributed by atoms with van der Waals surface area (Å²) in [7, 11) is 0. The molecule has 0 fully saturated rings. The molecule has 72 valence electrons. The predicted molar refractivity (Wildman–Crippen MR) is 59.2 cm³/mol. The first-order chi connectivity index (χ1) is 6.83. The highest BCUT2D eigenvalue weighted by atomic mass is 79.9. The second-order valence-corrected chi connectivity index (χ2v) is 3.68. The first-order valence-electron chi connectivity index (χ1n) is 4.30. The Balaban J connectivity index is 2.55. The summed E-state index contributed by atoms with van der Waals surface area (Å²) < 4.78 is 2.91. The summed E-state index contributed by atoms with van der Waals surface area (Å²) in [5.41, 5.74) is 6.66. The summed E-state index contributed by atoms with van der Waals surface area (Å²) in [6.07, 6.45) is 1.76. The highest BCUT2D eigenvalue weighted by Gasteiger charge is 2.07. The molecule has 0 saturated carbocycles. The van der Waals surface area contributed by atoms with Gasteiger partial charge in [0, 0.05) is 5.69 Å². The molecule has 3 nitrogen and oxygen atoms in total. The zero-order chi connectivity index (χ0) is 9.97. The lowest BCUT2D eigenvalue weighted by Crippen LogP contribution is -2.06. The van der Waals surface area contributed by atoms with Crippen molar-refractivity contribution in [3.05, 3.63) is 47.0 Å². The molecule has 0 saturated heterocycles. The minimum atomic E-state index is 0.431. The van der Waals surface area contributed by atoms with E-state index in [-0.39, 0.29) is 0 Å². The van der Waals surface area contributed by atoms with Gasteiger partial charge in [-0.1, -0.05) is 18.2 Å². The van der Waals surface area contributed by atoms with E-state index in [9.17, 15) is 0 Å². The molecule has 2 aromatic rings. The van der Waals surface area contributed by atoms with Crippen LogP contribution in [0.25, 0.3) is 5.69 Å². The molecule has 2 N–H and O–H groups in total. The Morgan fingerprint density at radius 2 is 2.00 bits per heavy atom. The van der Waals surface area contributed by atoms with Crippen LogP contribution in [-0.4, -0.2) is 9.55 Å². The summed E-state index contributed by atoms with van der Waals surface area (Å²) >= 11 is 3.44. The molecule has 0 aliphatic heterocycles. The van der Waals surface area contributed by atoms with Crippen LogP contribution in [0.2, 0.25) is 0 Å². The second-order valence-electron chi connectivity index (χ2n) is 2.87. The number of nitrogens with zero attached hydrogens (tertiary/aromatic N) is 2. The van der Waals surface area contributed by atoms with Gasteiger partial charge in [0.05, 0.1) is 12.7 Å². The lowest BCUT2D eigenvalue weighted by molar-refractivity contribution is 0.859. The molecule has 2 rings (SSSR count). The van der Waals surface area contributed by atoms with E-state index in [1.807, 2.05) is 34.9 Å². The highest BCUT2D eigenvalue weighted by molar-refractivity contribution is 9.10. The average molecular weight is 252 g/mol. The lowest BCUT2D eigenvalue weighted by Gasteiger charge is -2.07. The summed E-state index contributed by atoms with van der Waals surface area (Å²) in [6, 6.07) is 10.00. The molecule has 1 aromatic carbocycles. The Labute approximate surface area is 90.7 Å². The minimum Gasteiger partial charge on any atom is -0.324 e. The minimum absolute atomic E-state index is 0.431. The monoisotopic (exact) mass is 251 g/mol. The molecule has 0 aliphatic carbocycles. The van der Waals surface area contributed by atoms with Gasteiger partial charge in [-0.3, -0.25) is 4.57 Å². The third-order valence-electron chi connectivity index (χ3n) is 1.99. The normalized spacial score (nSPS) is 10.4. The molecule has 1 aromatic heterocycles. The van der Waals surface area contributed by atoms with Gasteiger partial charge in [0.2, 0.25) is 0 Å². The van der Waals surface area contributed by atoms with Gasteiger partial charge in [-0.05, 0) is 28.1 Å². The van der Waals surface area contributed by atoms with E-state index in [0.717, 1.165) is 16.1 Å². The average Bonchev–Trinajstić information content (AvgIpc) is 2.61. The van der Waals surface area contributed by atoms with E-state index in [0.29, 0.717) is 6.54 Å². The van der Waals surface area contributed by atoms with Crippen molar-refractivity contribution in [2.24, 2.45) is 5.73 Å². The van der Waals surface area contributed by atoms with Crippen molar-refractivity contribution >= 4 is 15.9 Å². The molecule has 0 atom stereocenters. The number of halogens is 1. The quantitative estimate of drug-likeness (QED) is 0.889. The van der Waals surface area contributed by atoms with Crippen LogP contribution in [0.15, 0.2) is 41.1 Å². The van der Waals surface area contributed by atoms with E-state index in [2.05, 4.69) is 20.9 Å². The van der Waals surface area contributed by atoms with Crippen LogP contribution in [0.3, 0.4) is 0 Å². The SMILES string of the molecule is NCc1ncc(Br)n1-c1ccccc1. The summed E-state index contributed by atoms with van der Waals surface area (Å²) in [4.78, 5) is 4.20. The fourth-order valence-electron chi connectivity index (χ4n) is 1.36. The van der Waals surface area contributed by atoms with Gasteiger partial charge < -0.3 is 5.73 Å². The maximum absolute atomic E-state index is 5.60. The fraction of sp³-hybridized carbons (Fsp3) is 0.100. The van der Waals surface area contributed by atoms with Crippen LogP contribution in [0, 0.1) is 0 Å². The van der Waals surface area contributed by atoms with Crippen LogP contribution in [0.4, 0.5) is 0 Å². The smallest absolute Gasteiger partial charge is 0.127 e. The second kappa shape index (κ2) is 3.94. The Morgan fingerprint density at radius 1 is 1.29 bits per heavy atom. The van der Waals surface area contributed by atoms with Gasteiger partial charge in [0.1, 0.15) is 10.4 Å². The zero-order valence-electron chi connectivity index (χ0n) is 7.52. The zero-order valence-corrected chi connectivity index (χ0v) is 9.11. The van der Waals surface area contributed by atoms with Crippen LogP contribution >= 0.6 is 15.9 Å². The number of aromatic nitrogens is 2. The fourth-order valence-corrected chi connectivity index (χ4v) is 1.87. The first-order valence-corrected chi connectivity index (χ1v) is 5.10. The summed E-state index contributed by atoms with van der Waals surface area (Å²) in [6.45, 7) is 0.431. The van der Waals surface area contributed by atoms with Crippen molar-refractivity contribution in [1.29, 1.82) is 0 Å². The molecular formula is C10H10BrN3. The molecular weight excluding hydrogens is 242 g/mol. The van der Waals surface area contributed by atoms with Gasteiger partial charge in [-0.25, -0.2) is 4.98 Å². The standard InChI is InChI=1S/C10H10BrN3/c11-9-7-13-10(6-12)14(9)8-4-2-1-3-5-8/h1-5,7H,6,12H2. The van der Waals surface area contributed by atoms with Crippen LogP contribution in [0.1, 0.15) is 5.82 Å². The summed E-state index contributed by atoms with van der Waals surface area (Å²) in [5.74, 6) is 0.850. The number of rotatable bonds is 2. The summed E-state index contributed by atoms with van der Waals surface area (Å²) in [5, 5.41) is 0. The van der Waals surface area contributed by atoms with Crippen LogP contribution in [-0.2, 0) is 6.54 Å². The van der Waals surface area contributed by atoms with Crippen molar-refractivity contribution in [1.82, 2.24) is 9.55 Å². The van der Waals surface area contributed by atoms with E-state index in [1.54, 1.807) is 6.20 Å². The van der Waals surface area contributed by atoms with Crippen molar-refractivity contribution in [3.8, 4) is 5.69 Å². The molecule has 1 heterocycles. The maximum atomic E-state index is 5.60. The van der Waals surface area contributed by atoms with E-state index in [4.69, 9.17) is 5.73 Å².